The number of carbonyl (C=O) groups is 3. The number of para-hydroxylation sites is 1. The molecule has 5 rings (SSSR count). The first-order valence-electron chi connectivity index (χ1n) is 10.0. The number of amides is 2. The van der Waals surface area contributed by atoms with Crippen molar-refractivity contribution in [2.24, 2.45) is 0 Å². The summed E-state index contributed by atoms with van der Waals surface area (Å²) in [5, 5.41) is 14.0. The standard InChI is InChI=1S/C25H18N2O4S/c28-21(17-11-5-2-6-12-17)20-22(29)23(30)27-18-13-7-8-14-19(18)32-25(20,27)24(31)26-15-16-9-3-1-4-10-16/h1-14,28H,15H2,(H,26,31)/b21-20+. The van der Waals surface area contributed by atoms with Gasteiger partial charge in [0.05, 0.1) is 11.3 Å². The molecule has 1 saturated heterocycles. The van der Waals surface area contributed by atoms with E-state index in [2.05, 4.69) is 5.32 Å². The van der Waals surface area contributed by atoms with E-state index in [1.54, 1.807) is 54.6 Å². The fraction of sp³-hybridized carbons (Fsp3) is 0.0800. The Bertz CT molecular complexity index is 1270. The molecule has 1 fully saturated rings. The van der Waals surface area contributed by atoms with Gasteiger partial charge in [0, 0.05) is 17.0 Å². The second kappa shape index (κ2) is 7.69. The van der Waals surface area contributed by atoms with Crippen LogP contribution in [0.2, 0.25) is 0 Å². The first kappa shape index (κ1) is 20.1. The number of nitrogens with zero attached hydrogens (tertiary/aromatic N) is 1. The van der Waals surface area contributed by atoms with Crippen LogP contribution in [0.25, 0.3) is 5.76 Å². The van der Waals surface area contributed by atoms with Crippen molar-refractivity contribution in [1.29, 1.82) is 0 Å². The van der Waals surface area contributed by atoms with Gasteiger partial charge in [0.1, 0.15) is 5.76 Å². The van der Waals surface area contributed by atoms with Crippen molar-refractivity contribution in [3.05, 3.63) is 102 Å². The van der Waals surface area contributed by atoms with Gasteiger partial charge in [-0.25, -0.2) is 0 Å². The molecule has 0 aliphatic carbocycles. The highest BCUT2D eigenvalue weighted by Gasteiger charge is 2.66. The monoisotopic (exact) mass is 442 g/mol. The highest BCUT2D eigenvalue weighted by molar-refractivity contribution is 8.02. The van der Waals surface area contributed by atoms with E-state index < -0.39 is 22.5 Å². The summed E-state index contributed by atoms with van der Waals surface area (Å²) in [5.74, 6) is -2.64. The molecule has 2 aliphatic heterocycles. The molecule has 158 valence electrons. The second-order valence-electron chi connectivity index (χ2n) is 7.44. The summed E-state index contributed by atoms with van der Waals surface area (Å²) in [6.45, 7) is 0.216. The Balaban J connectivity index is 1.66. The number of carbonyl (C=O) groups excluding carboxylic acids is 3. The minimum atomic E-state index is -1.73. The Kier molecular flexibility index (Phi) is 4.83. The van der Waals surface area contributed by atoms with Crippen molar-refractivity contribution in [3.8, 4) is 0 Å². The van der Waals surface area contributed by atoms with Crippen molar-refractivity contribution < 1.29 is 19.5 Å². The van der Waals surface area contributed by atoms with Gasteiger partial charge in [0.15, 0.2) is 0 Å². The van der Waals surface area contributed by atoms with Gasteiger partial charge in [-0.15, -0.1) is 0 Å². The number of aliphatic hydroxyl groups is 1. The average molecular weight is 442 g/mol. The van der Waals surface area contributed by atoms with Gasteiger partial charge >= 0.3 is 5.91 Å². The first-order valence-corrected chi connectivity index (χ1v) is 10.8. The molecule has 3 aromatic rings. The van der Waals surface area contributed by atoms with Crippen molar-refractivity contribution in [3.63, 3.8) is 0 Å². The lowest BCUT2D eigenvalue weighted by Crippen LogP contribution is -2.53. The molecule has 7 heteroatoms. The largest absolute Gasteiger partial charge is 0.507 e. The molecular formula is C25H18N2O4S. The minimum absolute atomic E-state index is 0.216. The molecule has 1 unspecified atom stereocenters. The molecule has 6 nitrogen and oxygen atoms in total. The summed E-state index contributed by atoms with van der Waals surface area (Å²) in [5.41, 5.74) is 1.48. The predicted octanol–water partition coefficient (Wildman–Crippen LogP) is 3.69. The molecule has 0 spiro atoms. The highest BCUT2D eigenvalue weighted by atomic mass is 32.2. The summed E-state index contributed by atoms with van der Waals surface area (Å²) < 4.78 is 0. The van der Waals surface area contributed by atoms with Crippen molar-refractivity contribution >= 4 is 40.8 Å². The van der Waals surface area contributed by atoms with E-state index in [1.807, 2.05) is 30.3 Å². The normalized spacial score (nSPS) is 20.7. The number of fused-ring (bicyclic) bond motifs is 3. The van der Waals surface area contributed by atoms with Gasteiger partial charge in [-0.05, 0) is 17.7 Å². The maximum absolute atomic E-state index is 13.7. The van der Waals surface area contributed by atoms with Crippen LogP contribution in [-0.2, 0) is 20.9 Å². The number of benzene rings is 3. The van der Waals surface area contributed by atoms with Crippen LogP contribution in [0.5, 0.6) is 0 Å². The topological polar surface area (TPSA) is 86.7 Å². The zero-order chi connectivity index (χ0) is 22.3. The number of thioether (sulfide) groups is 1. The van der Waals surface area contributed by atoms with Gasteiger partial charge in [-0.2, -0.15) is 0 Å². The summed E-state index contributed by atoms with van der Waals surface area (Å²) in [4.78, 5) is 40.1. The lowest BCUT2D eigenvalue weighted by Gasteiger charge is -2.30. The lowest BCUT2D eigenvalue weighted by molar-refractivity contribution is -0.132. The molecule has 2 heterocycles. The molecule has 0 saturated carbocycles. The number of nitrogens with one attached hydrogen (secondary N) is 1. The first-order chi connectivity index (χ1) is 15.5. The van der Waals surface area contributed by atoms with Crippen LogP contribution in [0.1, 0.15) is 11.1 Å². The Morgan fingerprint density at radius 1 is 0.906 bits per heavy atom. The van der Waals surface area contributed by atoms with Gasteiger partial charge in [0.2, 0.25) is 4.87 Å². The van der Waals surface area contributed by atoms with Crippen LogP contribution in [0, 0.1) is 0 Å². The van der Waals surface area contributed by atoms with Crippen LogP contribution in [-0.4, -0.2) is 27.6 Å². The molecule has 3 aromatic carbocycles. The highest BCUT2D eigenvalue weighted by Crippen LogP contribution is 2.58. The summed E-state index contributed by atoms with van der Waals surface area (Å²) in [6.07, 6.45) is 0. The van der Waals surface area contributed by atoms with E-state index in [9.17, 15) is 19.5 Å². The quantitative estimate of drug-likeness (QED) is 0.366. The van der Waals surface area contributed by atoms with Crippen molar-refractivity contribution in [2.45, 2.75) is 16.3 Å². The zero-order valence-electron chi connectivity index (χ0n) is 16.8. The Labute approximate surface area is 188 Å². The molecule has 0 radical (unpaired) electrons. The Morgan fingerprint density at radius 3 is 2.25 bits per heavy atom. The van der Waals surface area contributed by atoms with E-state index in [0.29, 0.717) is 16.1 Å². The van der Waals surface area contributed by atoms with Gasteiger partial charge in [-0.1, -0.05) is 84.6 Å². The molecule has 0 aromatic heterocycles. The van der Waals surface area contributed by atoms with Crippen LogP contribution < -0.4 is 10.2 Å². The zero-order valence-corrected chi connectivity index (χ0v) is 17.6. The minimum Gasteiger partial charge on any atom is -0.507 e. The molecule has 2 N–H and O–H groups in total. The second-order valence-corrected chi connectivity index (χ2v) is 8.68. The maximum atomic E-state index is 13.7. The third kappa shape index (κ3) is 2.93. The van der Waals surface area contributed by atoms with Gasteiger partial charge in [-0.3, -0.25) is 19.3 Å². The number of aliphatic hydroxyl groups excluding tert-OH is 1. The van der Waals surface area contributed by atoms with Gasteiger partial charge < -0.3 is 10.4 Å². The molecular weight excluding hydrogens is 424 g/mol. The Morgan fingerprint density at radius 2 is 1.53 bits per heavy atom. The van der Waals surface area contributed by atoms with Crippen LogP contribution >= 0.6 is 11.8 Å². The third-order valence-corrected chi connectivity index (χ3v) is 6.96. The van der Waals surface area contributed by atoms with Crippen LogP contribution in [0.3, 0.4) is 0 Å². The number of rotatable bonds is 4. The molecule has 32 heavy (non-hydrogen) atoms. The predicted molar refractivity (Wildman–Crippen MR) is 122 cm³/mol. The summed E-state index contributed by atoms with van der Waals surface area (Å²) >= 11 is 1.09. The number of ketones is 1. The molecule has 0 bridgehead atoms. The molecule has 1 atom stereocenters. The van der Waals surface area contributed by atoms with E-state index in [1.165, 1.54) is 4.90 Å². The van der Waals surface area contributed by atoms with Gasteiger partial charge in [0.25, 0.3) is 11.7 Å². The van der Waals surface area contributed by atoms with E-state index in [0.717, 1.165) is 17.3 Å². The van der Waals surface area contributed by atoms with E-state index in [4.69, 9.17) is 0 Å². The van der Waals surface area contributed by atoms with Crippen LogP contribution in [0.4, 0.5) is 5.69 Å². The summed E-state index contributed by atoms with van der Waals surface area (Å²) in [6, 6.07) is 24.8. The van der Waals surface area contributed by atoms with Crippen molar-refractivity contribution in [1.82, 2.24) is 5.32 Å². The van der Waals surface area contributed by atoms with E-state index >= 15 is 0 Å². The number of hydrogen-bond acceptors (Lipinski definition) is 5. The van der Waals surface area contributed by atoms with Crippen LogP contribution in [0.15, 0.2) is 95.4 Å². The lowest BCUT2D eigenvalue weighted by atomic mass is 9.99. The smallest absolute Gasteiger partial charge is 0.301 e. The fourth-order valence-corrected chi connectivity index (χ4v) is 5.51. The number of Topliss-reactive ketones (excluding diaryl/α,β-unsaturated/α-hetero) is 1. The van der Waals surface area contributed by atoms with Crippen molar-refractivity contribution in [2.75, 3.05) is 4.90 Å². The Hall–Kier alpha value is -3.84. The molecule has 2 amide bonds. The number of hydrogen-bond donors (Lipinski definition) is 2. The number of anilines is 1. The maximum Gasteiger partial charge on any atom is 0.301 e. The third-order valence-electron chi connectivity index (χ3n) is 5.53. The molecule has 2 aliphatic rings. The van der Waals surface area contributed by atoms with E-state index in [-0.39, 0.29) is 17.9 Å². The SMILES string of the molecule is O=C1C(=O)N2c3ccccc3SC2(C(=O)NCc2ccccc2)/C1=C(/O)c1ccccc1. The average Bonchev–Trinajstić information content (AvgIpc) is 3.29. The summed E-state index contributed by atoms with van der Waals surface area (Å²) in [7, 11) is 0. The fourth-order valence-electron chi connectivity index (χ4n) is 4.05.